The van der Waals surface area contributed by atoms with Crippen molar-refractivity contribution in [1.82, 2.24) is 0 Å². The fourth-order valence-corrected chi connectivity index (χ4v) is 2.21. The van der Waals surface area contributed by atoms with E-state index in [4.69, 9.17) is 9.47 Å². The largest absolute Gasteiger partial charge is 0.494 e. The zero-order valence-corrected chi connectivity index (χ0v) is 14.0. The van der Waals surface area contributed by atoms with Crippen LogP contribution in [0.5, 0.6) is 11.5 Å². The number of benzene rings is 2. The van der Waals surface area contributed by atoms with Crippen LogP contribution >= 0.6 is 15.9 Å². The van der Waals surface area contributed by atoms with Gasteiger partial charge in [-0.3, -0.25) is 0 Å². The molecule has 0 spiro atoms. The van der Waals surface area contributed by atoms with Gasteiger partial charge in [0.15, 0.2) is 0 Å². The summed E-state index contributed by atoms with van der Waals surface area (Å²) in [7, 11) is 0. The van der Waals surface area contributed by atoms with Gasteiger partial charge in [0.05, 0.1) is 12.2 Å². The molecule has 23 heavy (non-hydrogen) atoms. The molecule has 0 bridgehead atoms. The van der Waals surface area contributed by atoms with Gasteiger partial charge in [-0.05, 0) is 42.8 Å². The molecule has 0 aliphatic heterocycles. The number of hydrogen-bond donors (Lipinski definition) is 1. The Morgan fingerprint density at radius 2 is 1.96 bits per heavy atom. The zero-order chi connectivity index (χ0) is 16.8. The third-order valence-corrected chi connectivity index (χ3v) is 3.41. The van der Waals surface area contributed by atoms with Crippen molar-refractivity contribution in [2.45, 2.75) is 13.3 Å². The first-order valence-corrected chi connectivity index (χ1v) is 7.78. The van der Waals surface area contributed by atoms with Gasteiger partial charge in [-0.25, -0.2) is 9.59 Å². The zero-order valence-electron chi connectivity index (χ0n) is 12.4. The number of rotatable bonds is 6. The molecule has 6 heteroatoms. The number of ether oxygens (including phenoxy) is 2. The minimum absolute atomic E-state index is 0.00872. The fourth-order valence-electron chi connectivity index (χ4n) is 1.85. The molecule has 2 aromatic rings. The number of halogens is 1. The molecule has 0 aromatic heterocycles. The molecule has 5 nitrogen and oxygen atoms in total. The monoisotopic (exact) mass is 378 g/mol. The van der Waals surface area contributed by atoms with Crippen molar-refractivity contribution in [1.29, 1.82) is 0 Å². The van der Waals surface area contributed by atoms with Gasteiger partial charge in [-0.1, -0.05) is 28.9 Å². The quantitative estimate of drug-likeness (QED) is 0.603. The highest BCUT2D eigenvalue weighted by Gasteiger charge is 2.16. The highest BCUT2D eigenvalue weighted by atomic mass is 79.9. The third kappa shape index (κ3) is 4.56. The lowest BCUT2D eigenvalue weighted by atomic mass is 10.2. The summed E-state index contributed by atoms with van der Waals surface area (Å²) in [5, 5.41) is 9.18. The second kappa shape index (κ2) is 7.78. The number of carbonyl (C=O) groups is 2. The molecular weight excluding hydrogens is 364 g/mol. The first-order valence-electron chi connectivity index (χ1n) is 6.99. The summed E-state index contributed by atoms with van der Waals surface area (Å²) in [6.45, 7) is 2.54. The van der Waals surface area contributed by atoms with Gasteiger partial charge in [0.25, 0.3) is 0 Å². The highest BCUT2D eigenvalue weighted by Crippen LogP contribution is 2.24. The average molecular weight is 379 g/mol. The Hall–Kier alpha value is -2.34. The molecule has 0 saturated heterocycles. The van der Waals surface area contributed by atoms with E-state index in [9.17, 15) is 14.7 Å². The summed E-state index contributed by atoms with van der Waals surface area (Å²) < 4.78 is 11.3. The first kappa shape index (κ1) is 17.0. The maximum Gasteiger partial charge on any atom is 0.343 e. The van der Waals surface area contributed by atoms with Crippen molar-refractivity contribution in [3.63, 3.8) is 0 Å². The average Bonchev–Trinajstić information content (AvgIpc) is 2.54. The van der Waals surface area contributed by atoms with E-state index in [0.29, 0.717) is 16.8 Å². The van der Waals surface area contributed by atoms with Crippen LogP contribution in [-0.4, -0.2) is 23.7 Å². The Kier molecular flexibility index (Phi) is 5.76. The summed E-state index contributed by atoms with van der Waals surface area (Å²) in [6, 6.07) is 11.0. The molecule has 0 aliphatic carbocycles. The lowest BCUT2D eigenvalue weighted by Gasteiger charge is -2.09. The summed E-state index contributed by atoms with van der Waals surface area (Å²) in [5.41, 5.74) is 0.198. The number of hydrogen-bond acceptors (Lipinski definition) is 4. The van der Waals surface area contributed by atoms with E-state index >= 15 is 0 Å². The molecule has 2 rings (SSSR count). The number of carbonyl (C=O) groups excluding carboxylic acids is 1. The van der Waals surface area contributed by atoms with Crippen LogP contribution in [0.3, 0.4) is 0 Å². The van der Waals surface area contributed by atoms with E-state index in [1.807, 2.05) is 6.92 Å². The van der Waals surface area contributed by atoms with Crippen molar-refractivity contribution in [3.8, 4) is 11.5 Å². The van der Waals surface area contributed by atoms with Crippen molar-refractivity contribution in [2.75, 3.05) is 6.61 Å². The van der Waals surface area contributed by atoms with Crippen LogP contribution in [-0.2, 0) is 0 Å². The van der Waals surface area contributed by atoms with E-state index in [1.54, 1.807) is 30.3 Å². The third-order valence-electron chi connectivity index (χ3n) is 2.92. The van der Waals surface area contributed by atoms with Crippen molar-refractivity contribution >= 4 is 27.9 Å². The Labute approximate surface area is 142 Å². The SMILES string of the molecule is CCCOc1cccc(C(=O)Oc2ccc(Br)cc2C(=O)O)c1. The maximum absolute atomic E-state index is 12.2. The van der Waals surface area contributed by atoms with Crippen LogP contribution in [0.1, 0.15) is 34.1 Å². The second-order valence-electron chi connectivity index (χ2n) is 4.71. The maximum atomic E-state index is 12.2. The molecular formula is C17H15BrO5. The Morgan fingerprint density at radius 3 is 2.65 bits per heavy atom. The minimum Gasteiger partial charge on any atom is -0.494 e. The van der Waals surface area contributed by atoms with Gasteiger partial charge in [0.1, 0.15) is 17.1 Å². The molecule has 0 unspecified atom stereocenters. The van der Waals surface area contributed by atoms with Gasteiger partial charge in [-0.2, -0.15) is 0 Å². The van der Waals surface area contributed by atoms with Crippen LogP contribution in [0, 0.1) is 0 Å². The number of esters is 1. The molecule has 2 aromatic carbocycles. The van der Waals surface area contributed by atoms with E-state index in [1.165, 1.54) is 12.1 Å². The normalized spacial score (nSPS) is 10.2. The summed E-state index contributed by atoms with van der Waals surface area (Å²) in [4.78, 5) is 23.4. The van der Waals surface area contributed by atoms with Crippen molar-refractivity contribution in [3.05, 3.63) is 58.1 Å². The Bertz CT molecular complexity index is 727. The molecule has 1 N–H and O–H groups in total. The summed E-state index contributed by atoms with van der Waals surface area (Å²) in [5.74, 6) is -1.26. The smallest absolute Gasteiger partial charge is 0.343 e. The Morgan fingerprint density at radius 1 is 1.17 bits per heavy atom. The number of carboxylic acids is 1. The number of carboxylic acid groups (broad SMARTS) is 1. The van der Waals surface area contributed by atoms with Crippen molar-refractivity contribution < 1.29 is 24.2 Å². The molecule has 0 fully saturated rings. The van der Waals surface area contributed by atoms with Crippen LogP contribution in [0.2, 0.25) is 0 Å². The molecule has 0 heterocycles. The molecule has 0 radical (unpaired) electrons. The fraction of sp³-hybridized carbons (Fsp3) is 0.176. The van der Waals surface area contributed by atoms with Gasteiger partial charge < -0.3 is 14.6 Å². The molecule has 120 valence electrons. The first-order chi connectivity index (χ1) is 11.0. The lowest BCUT2D eigenvalue weighted by Crippen LogP contribution is -2.11. The summed E-state index contributed by atoms with van der Waals surface area (Å²) >= 11 is 3.19. The molecule has 0 saturated carbocycles. The summed E-state index contributed by atoms with van der Waals surface area (Å²) in [6.07, 6.45) is 0.857. The van der Waals surface area contributed by atoms with Crippen LogP contribution in [0.15, 0.2) is 46.9 Å². The van der Waals surface area contributed by atoms with Gasteiger partial charge in [0.2, 0.25) is 0 Å². The van der Waals surface area contributed by atoms with Gasteiger partial charge >= 0.3 is 11.9 Å². The van der Waals surface area contributed by atoms with E-state index < -0.39 is 11.9 Å². The van der Waals surface area contributed by atoms with Gasteiger partial charge in [-0.15, -0.1) is 0 Å². The highest BCUT2D eigenvalue weighted by molar-refractivity contribution is 9.10. The standard InChI is InChI=1S/C17H15BrO5/c1-2-8-22-13-5-3-4-11(9-13)17(21)23-15-7-6-12(18)10-14(15)16(19)20/h3-7,9-10H,2,8H2,1H3,(H,19,20). The predicted octanol–water partition coefficient (Wildman–Crippen LogP) is 4.16. The van der Waals surface area contributed by atoms with E-state index in [0.717, 1.165) is 6.42 Å². The molecule has 0 atom stereocenters. The van der Waals surface area contributed by atoms with E-state index in [2.05, 4.69) is 15.9 Å². The second-order valence-corrected chi connectivity index (χ2v) is 5.63. The molecule has 0 amide bonds. The van der Waals surface area contributed by atoms with Gasteiger partial charge in [0, 0.05) is 4.47 Å². The van der Waals surface area contributed by atoms with Crippen LogP contribution in [0.25, 0.3) is 0 Å². The predicted molar refractivity (Wildman–Crippen MR) is 88.3 cm³/mol. The molecule has 0 aliphatic rings. The van der Waals surface area contributed by atoms with Crippen molar-refractivity contribution in [2.24, 2.45) is 0 Å². The van der Waals surface area contributed by atoms with Crippen LogP contribution in [0.4, 0.5) is 0 Å². The lowest BCUT2D eigenvalue weighted by molar-refractivity contribution is 0.0681. The van der Waals surface area contributed by atoms with Crippen LogP contribution < -0.4 is 9.47 Å². The topological polar surface area (TPSA) is 72.8 Å². The van der Waals surface area contributed by atoms with E-state index in [-0.39, 0.29) is 16.9 Å². The minimum atomic E-state index is -1.17. The Balaban J connectivity index is 2.21. The number of aromatic carboxylic acids is 1.